The molecule has 0 aliphatic carbocycles. The van der Waals surface area contributed by atoms with Crippen molar-refractivity contribution in [3.63, 3.8) is 0 Å². The zero-order chi connectivity index (χ0) is 22.8. The molecule has 0 atom stereocenters. The van der Waals surface area contributed by atoms with Gasteiger partial charge in [-0.1, -0.05) is 23.7 Å². The molecular formula is C20H11ClF5NO3S. The Labute approximate surface area is 181 Å². The highest BCUT2D eigenvalue weighted by Gasteiger charge is 2.38. The Morgan fingerprint density at radius 1 is 1.16 bits per heavy atom. The van der Waals surface area contributed by atoms with Gasteiger partial charge in [-0.2, -0.15) is 17.5 Å². The van der Waals surface area contributed by atoms with Gasteiger partial charge in [0.1, 0.15) is 11.5 Å². The molecule has 3 aromatic rings. The Bertz CT molecular complexity index is 1120. The van der Waals surface area contributed by atoms with Crippen LogP contribution in [-0.2, 0) is 17.6 Å². The summed E-state index contributed by atoms with van der Waals surface area (Å²) in [7, 11) is 0. The normalized spacial score (nSPS) is 11.8. The molecule has 162 valence electrons. The molecule has 31 heavy (non-hydrogen) atoms. The minimum Gasteiger partial charge on any atom is -0.483 e. The summed E-state index contributed by atoms with van der Waals surface area (Å²) in [5.41, 5.74) is -0.200. The van der Waals surface area contributed by atoms with E-state index in [2.05, 4.69) is 4.37 Å². The zero-order valence-corrected chi connectivity index (χ0v) is 16.8. The number of ether oxygens (including phenoxy) is 1. The van der Waals surface area contributed by atoms with E-state index in [0.29, 0.717) is 16.7 Å². The maximum Gasteiger partial charge on any atom is 0.427 e. The Balaban J connectivity index is 1.95. The number of nitrogens with zero attached hydrogens (tertiary/aromatic N) is 1. The van der Waals surface area contributed by atoms with Crippen LogP contribution < -0.4 is 4.74 Å². The first-order valence-electron chi connectivity index (χ1n) is 8.41. The molecule has 1 N–H and O–H groups in total. The number of aromatic nitrogens is 1. The second-order valence-corrected chi connectivity index (χ2v) is 7.33. The van der Waals surface area contributed by atoms with Crippen molar-refractivity contribution in [3.8, 4) is 17.0 Å². The van der Waals surface area contributed by atoms with Gasteiger partial charge in [0.25, 0.3) is 0 Å². The van der Waals surface area contributed by atoms with Gasteiger partial charge in [0.2, 0.25) is 0 Å². The number of hydrogen-bond donors (Lipinski definition) is 1. The van der Waals surface area contributed by atoms with Crippen LogP contribution in [0.25, 0.3) is 17.3 Å². The highest BCUT2D eigenvalue weighted by molar-refractivity contribution is 7.06. The predicted molar refractivity (Wildman–Crippen MR) is 105 cm³/mol. The number of halogens is 6. The highest BCUT2D eigenvalue weighted by atomic mass is 35.5. The Hall–Kier alpha value is -2.98. The van der Waals surface area contributed by atoms with Crippen LogP contribution in [0.2, 0.25) is 5.02 Å². The quantitative estimate of drug-likeness (QED) is 0.329. The second-order valence-electron chi connectivity index (χ2n) is 6.12. The topological polar surface area (TPSA) is 59.4 Å². The van der Waals surface area contributed by atoms with Crippen LogP contribution in [-0.4, -0.2) is 15.4 Å². The van der Waals surface area contributed by atoms with E-state index in [4.69, 9.17) is 21.4 Å². The molecule has 1 heterocycles. The maximum atomic E-state index is 14.3. The van der Waals surface area contributed by atoms with Gasteiger partial charge >= 0.3 is 12.1 Å². The smallest absolute Gasteiger partial charge is 0.427 e. The third-order valence-corrected chi connectivity index (χ3v) is 5.15. The maximum absolute atomic E-state index is 14.3. The summed E-state index contributed by atoms with van der Waals surface area (Å²) in [5, 5.41) is 8.95. The van der Waals surface area contributed by atoms with E-state index in [-0.39, 0.29) is 28.4 Å². The van der Waals surface area contributed by atoms with Gasteiger partial charge in [0.15, 0.2) is 17.4 Å². The lowest BCUT2D eigenvalue weighted by Gasteiger charge is -2.12. The minimum absolute atomic E-state index is 0.0455. The SMILES string of the molecule is O=C(O)/C=C/c1cc(F)c(OCc2c(-c3ccc(Cl)cc3)nsc2C(F)(F)F)c(F)c1. The molecule has 1 aromatic heterocycles. The number of aliphatic carboxylic acids is 1. The number of carbonyl (C=O) groups is 1. The van der Waals surface area contributed by atoms with Crippen LogP contribution in [0.3, 0.4) is 0 Å². The molecule has 0 amide bonds. The third kappa shape index (κ3) is 5.39. The molecule has 11 heteroatoms. The number of carboxylic acids is 1. The molecule has 0 radical (unpaired) electrons. The molecule has 0 saturated carbocycles. The first kappa shape index (κ1) is 22.7. The average molecular weight is 476 g/mol. The van der Waals surface area contributed by atoms with Crippen molar-refractivity contribution in [1.29, 1.82) is 0 Å². The number of alkyl halides is 3. The lowest BCUT2D eigenvalue weighted by molar-refractivity contribution is -0.135. The first-order valence-corrected chi connectivity index (χ1v) is 9.56. The highest BCUT2D eigenvalue weighted by Crippen LogP contribution is 2.40. The van der Waals surface area contributed by atoms with E-state index in [0.717, 1.165) is 18.2 Å². The molecule has 0 fully saturated rings. The summed E-state index contributed by atoms with van der Waals surface area (Å²) in [6, 6.07) is 7.47. The zero-order valence-electron chi connectivity index (χ0n) is 15.2. The van der Waals surface area contributed by atoms with Crippen LogP contribution in [0.5, 0.6) is 5.75 Å². The van der Waals surface area contributed by atoms with Crippen molar-refractivity contribution in [2.45, 2.75) is 12.8 Å². The molecular weight excluding hydrogens is 465 g/mol. The van der Waals surface area contributed by atoms with E-state index in [9.17, 15) is 26.7 Å². The van der Waals surface area contributed by atoms with Crippen molar-refractivity contribution in [2.75, 3.05) is 0 Å². The minimum atomic E-state index is -4.75. The summed E-state index contributed by atoms with van der Waals surface area (Å²) in [6.45, 7) is -0.804. The average Bonchev–Trinajstić information content (AvgIpc) is 3.10. The Morgan fingerprint density at radius 3 is 2.32 bits per heavy atom. The molecule has 0 bridgehead atoms. The van der Waals surface area contributed by atoms with Crippen molar-refractivity contribution >= 4 is 35.2 Å². The van der Waals surface area contributed by atoms with E-state index >= 15 is 0 Å². The largest absolute Gasteiger partial charge is 0.483 e. The molecule has 4 nitrogen and oxygen atoms in total. The van der Waals surface area contributed by atoms with Crippen LogP contribution in [0.4, 0.5) is 22.0 Å². The summed E-state index contributed by atoms with van der Waals surface area (Å²) >= 11 is 6.00. The second kappa shape index (κ2) is 9.03. The van der Waals surface area contributed by atoms with Crippen molar-refractivity contribution < 1.29 is 36.6 Å². The summed E-state index contributed by atoms with van der Waals surface area (Å²) in [5.74, 6) is -4.61. The van der Waals surface area contributed by atoms with Crippen LogP contribution in [0, 0.1) is 11.6 Å². The van der Waals surface area contributed by atoms with Crippen LogP contribution >= 0.6 is 23.1 Å². The predicted octanol–water partition coefficient (Wildman–Crippen LogP) is 6.44. The van der Waals surface area contributed by atoms with Gasteiger partial charge in [-0.15, -0.1) is 0 Å². The van der Waals surface area contributed by atoms with Crippen molar-refractivity contribution in [2.24, 2.45) is 0 Å². The van der Waals surface area contributed by atoms with E-state index < -0.39 is 41.0 Å². The summed E-state index contributed by atoms with van der Waals surface area (Å²) in [4.78, 5) is 9.46. The van der Waals surface area contributed by atoms with Crippen LogP contribution in [0.15, 0.2) is 42.5 Å². The van der Waals surface area contributed by atoms with Gasteiger partial charge in [-0.05, 0) is 47.4 Å². The fourth-order valence-electron chi connectivity index (χ4n) is 2.63. The number of carboxylic acid groups (broad SMARTS) is 1. The van der Waals surface area contributed by atoms with E-state index in [1.54, 1.807) is 0 Å². The lowest BCUT2D eigenvalue weighted by atomic mass is 10.1. The fraction of sp³-hybridized carbons (Fsp3) is 0.100. The van der Waals surface area contributed by atoms with Gasteiger partial charge in [0.05, 0.1) is 5.69 Å². The van der Waals surface area contributed by atoms with Crippen molar-refractivity contribution in [3.05, 3.63) is 75.1 Å². The summed E-state index contributed by atoms with van der Waals surface area (Å²) in [6.07, 6.45) is -3.11. The molecule has 0 aliphatic rings. The molecule has 3 rings (SSSR count). The number of rotatable bonds is 6. The molecule has 0 unspecified atom stereocenters. The van der Waals surface area contributed by atoms with Gasteiger partial charge in [-0.3, -0.25) is 0 Å². The van der Waals surface area contributed by atoms with Crippen molar-refractivity contribution in [1.82, 2.24) is 4.37 Å². The third-order valence-electron chi connectivity index (χ3n) is 3.96. The van der Waals surface area contributed by atoms with Gasteiger partial charge < -0.3 is 9.84 Å². The van der Waals surface area contributed by atoms with Crippen LogP contribution in [0.1, 0.15) is 16.0 Å². The Morgan fingerprint density at radius 2 is 1.77 bits per heavy atom. The Kier molecular flexibility index (Phi) is 6.61. The number of hydrogen-bond acceptors (Lipinski definition) is 4. The van der Waals surface area contributed by atoms with E-state index in [1.165, 1.54) is 24.3 Å². The fourth-order valence-corrected chi connectivity index (χ4v) is 3.52. The monoisotopic (exact) mass is 475 g/mol. The molecule has 2 aromatic carbocycles. The van der Waals surface area contributed by atoms with E-state index in [1.807, 2.05) is 0 Å². The van der Waals surface area contributed by atoms with Gasteiger partial charge in [0, 0.05) is 22.2 Å². The molecule has 0 aliphatic heterocycles. The summed E-state index contributed by atoms with van der Waals surface area (Å²) < 4.78 is 77.7. The van der Waals surface area contributed by atoms with Gasteiger partial charge in [-0.25, -0.2) is 13.6 Å². The first-order chi connectivity index (χ1) is 14.6. The molecule has 0 spiro atoms. The number of benzene rings is 2. The lowest BCUT2D eigenvalue weighted by Crippen LogP contribution is -2.09. The standard InChI is InChI=1S/C20H11ClF5NO3S/c21-12-4-2-11(3-5-12)17-13(19(31-27-17)20(24,25)26)9-30-18-14(22)7-10(8-15(18)23)1-6-16(28)29/h1-8H,9H2,(H,28,29)/b6-1+. The molecule has 0 saturated heterocycles.